The van der Waals surface area contributed by atoms with Crippen LogP contribution in [-0.4, -0.2) is 54.6 Å². The number of nitrogens with one attached hydrogen (secondary N) is 3. The first-order valence-corrected chi connectivity index (χ1v) is 8.09. The van der Waals surface area contributed by atoms with Gasteiger partial charge in [-0.05, 0) is 6.42 Å². The molecular formula is C15H24N6O3. The van der Waals surface area contributed by atoms with Crippen LogP contribution in [0, 0.1) is 0 Å². The van der Waals surface area contributed by atoms with E-state index in [2.05, 4.69) is 26.1 Å². The molecule has 132 valence electrons. The van der Waals surface area contributed by atoms with Gasteiger partial charge in [0.25, 0.3) is 0 Å². The molecule has 2 rings (SSSR count). The van der Waals surface area contributed by atoms with E-state index in [9.17, 15) is 9.59 Å². The summed E-state index contributed by atoms with van der Waals surface area (Å²) in [4.78, 5) is 28.3. The molecule has 3 N–H and O–H groups in total. The predicted molar refractivity (Wildman–Crippen MR) is 88.6 cm³/mol. The number of guanidine groups is 1. The van der Waals surface area contributed by atoms with Gasteiger partial charge in [-0.3, -0.25) is 14.7 Å². The molecule has 0 aromatic carbocycles. The van der Waals surface area contributed by atoms with Gasteiger partial charge in [0.15, 0.2) is 5.96 Å². The highest BCUT2D eigenvalue weighted by atomic mass is 16.5. The molecule has 1 aromatic rings. The Kier molecular flexibility index (Phi) is 6.16. The number of carbonyl (C=O) groups is 2. The fourth-order valence-electron chi connectivity index (χ4n) is 2.50. The van der Waals surface area contributed by atoms with Crippen LogP contribution in [-0.2, 0) is 24.2 Å². The molecule has 9 nitrogen and oxygen atoms in total. The summed E-state index contributed by atoms with van der Waals surface area (Å²) in [5, 5.41) is 12.9. The van der Waals surface area contributed by atoms with Crippen molar-refractivity contribution in [2.75, 3.05) is 26.7 Å². The predicted octanol–water partition coefficient (Wildman–Crippen LogP) is 0.0162. The zero-order valence-electron chi connectivity index (χ0n) is 14.3. The Labute approximate surface area is 140 Å². The molecule has 24 heavy (non-hydrogen) atoms. The topological polar surface area (TPSA) is 112 Å². The van der Waals surface area contributed by atoms with Crippen LogP contribution in [0.25, 0.3) is 0 Å². The zero-order chi connectivity index (χ0) is 17.5. The number of carbonyl (C=O) groups excluding carboxylic acids is 2. The van der Waals surface area contributed by atoms with E-state index in [1.807, 2.05) is 13.8 Å². The van der Waals surface area contributed by atoms with E-state index in [-0.39, 0.29) is 18.5 Å². The fraction of sp³-hybridized carbons (Fsp3) is 0.600. The van der Waals surface area contributed by atoms with Gasteiger partial charge in [0, 0.05) is 38.7 Å². The second-order valence-electron chi connectivity index (χ2n) is 5.29. The molecule has 0 radical (unpaired) electrons. The summed E-state index contributed by atoms with van der Waals surface area (Å²) in [6.45, 7) is 5.39. The smallest absolute Gasteiger partial charge is 0.324 e. The largest absolute Gasteiger partial charge is 0.361 e. The number of rotatable bonds is 7. The maximum atomic E-state index is 11.5. The van der Waals surface area contributed by atoms with Crippen molar-refractivity contribution in [3.05, 3.63) is 17.0 Å². The van der Waals surface area contributed by atoms with Crippen molar-refractivity contribution in [2.24, 2.45) is 4.99 Å². The van der Waals surface area contributed by atoms with E-state index < -0.39 is 0 Å². The Morgan fingerprint density at radius 3 is 2.71 bits per heavy atom. The van der Waals surface area contributed by atoms with Crippen molar-refractivity contribution in [3.8, 4) is 0 Å². The van der Waals surface area contributed by atoms with Gasteiger partial charge in [-0.25, -0.2) is 4.79 Å². The van der Waals surface area contributed by atoms with Crippen LogP contribution in [0.2, 0.25) is 0 Å². The van der Waals surface area contributed by atoms with Crippen LogP contribution in [0.1, 0.15) is 30.9 Å². The second kappa shape index (κ2) is 8.32. The molecule has 2 heterocycles. The molecule has 1 aromatic heterocycles. The van der Waals surface area contributed by atoms with E-state index in [1.165, 1.54) is 4.90 Å². The number of imide groups is 1. The van der Waals surface area contributed by atoms with E-state index in [4.69, 9.17) is 4.52 Å². The van der Waals surface area contributed by atoms with E-state index in [0.29, 0.717) is 25.6 Å². The van der Waals surface area contributed by atoms with Gasteiger partial charge in [0.05, 0.1) is 12.2 Å². The highest BCUT2D eigenvalue weighted by molar-refractivity contribution is 6.01. The lowest BCUT2D eigenvalue weighted by molar-refractivity contribution is -0.124. The number of aliphatic imine (C=N–C) groups is 1. The maximum Gasteiger partial charge on any atom is 0.324 e. The lowest BCUT2D eigenvalue weighted by atomic mass is 10.1. The molecule has 9 heteroatoms. The van der Waals surface area contributed by atoms with Gasteiger partial charge in [-0.1, -0.05) is 19.0 Å². The van der Waals surface area contributed by atoms with Gasteiger partial charge < -0.3 is 20.5 Å². The molecule has 1 aliphatic heterocycles. The van der Waals surface area contributed by atoms with Gasteiger partial charge in [0.2, 0.25) is 5.91 Å². The van der Waals surface area contributed by atoms with Crippen LogP contribution in [0.15, 0.2) is 9.52 Å². The molecular weight excluding hydrogens is 312 g/mol. The summed E-state index contributed by atoms with van der Waals surface area (Å²) in [6, 6.07) is -0.352. The van der Waals surface area contributed by atoms with Crippen LogP contribution in [0.4, 0.5) is 4.79 Å². The van der Waals surface area contributed by atoms with Crippen molar-refractivity contribution in [3.63, 3.8) is 0 Å². The Balaban J connectivity index is 1.84. The maximum absolute atomic E-state index is 11.5. The Bertz CT molecular complexity index is 587. The van der Waals surface area contributed by atoms with Crippen molar-refractivity contribution in [1.82, 2.24) is 26.0 Å². The normalized spacial score (nSPS) is 15.0. The minimum atomic E-state index is -0.352. The quantitative estimate of drug-likeness (QED) is 0.368. The van der Waals surface area contributed by atoms with E-state index >= 15 is 0 Å². The molecule has 0 aliphatic carbocycles. The number of hydrogen-bond acceptors (Lipinski definition) is 5. The highest BCUT2D eigenvalue weighted by Gasteiger charge is 2.27. The summed E-state index contributed by atoms with van der Waals surface area (Å²) in [5.41, 5.74) is 1.99. The number of urea groups is 1. The van der Waals surface area contributed by atoms with Crippen LogP contribution < -0.4 is 16.0 Å². The Morgan fingerprint density at radius 2 is 2.12 bits per heavy atom. The lowest BCUT2D eigenvalue weighted by Crippen LogP contribution is -2.43. The summed E-state index contributed by atoms with van der Waals surface area (Å²) in [6.07, 6.45) is 1.58. The first-order valence-electron chi connectivity index (χ1n) is 8.09. The van der Waals surface area contributed by atoms with Crippen LogP contribution in [0.3, 0.4) is 0 Å². The first kappa shape index (κ1) is 17.8. The van der Waals surface area contributed by atoms with Gasteiger partial charge in [0.1, 0.15) is 5.76 Å². The highest BCUT2D eigenvalue weighted by Crippen LogP contribution is 2.15. The third kappa shape index (κ3) is 4.03. The Morgan fingerprint density at radius 1 is 1.33 bits per heavy atom. The van der Waals surface area contributed by atoms with Gasteiger partial charge >= 0.3 is 6.03 Å². The van der Waals surface area contributed by atoms with Gasteiger partial charge in [-0.15, -0.1) is 0 Å². The average molecular weight is 336 g/mol. The first-order chi connectivity index (χ1) is 11.6. The van der Waals surface area contributed by atoms with Crippen molar-refractivity contribution < 1.29 is 14.1 Å². The van der Waals surface area contributed by atoms with E-state index in [0.717, 1.165) is 29.9 Å². The third-order valence-corrected chi connectivity index (χ3v) is 3.83. The molecule has 0 atom stereocenters. The number of amides is 3. The van der Waals surface area contributed by atoms with Crippen molar-refractivity contribution in [2.45, 2.75) is 33.2 Å². The molecule has 0 unspecified atom stereocenters. The van der Waals surface area contributed by atoms with Crippen molar-refractivity contribution >= 4 is 17.9 Å². The summed E-state index contributed by atoms with van der Waals surface area (Å²) in [5.74, 6) is 1.25. The van der Waals surface area contributed by atoms with Crippen molar-refractivity contribution in [1.29, 1.82) is 0 Å². The number of nitrogens with zero attached hydrogens (tertiary/aromatic N) is 3. The summed E-state index contributed by atoms with van der Waals surface area (Å²) < 4.78 is 5.34. The minimum Gasteiger partial charge on any atom is -0.361 e. The zero-order valence-corrected chi connectivity index (χ0v) is 14.3. The number of aromatic nitrogens is 1. The minimum absolute atomic E-state index is 0.0683. The van der Waals surface area contributed by atoms with E-state index in [1.54, 1.807) is 7.05 Å². The molecule has 0 bridgehead atoms. The van der Waals surface area contributed by atoms with Gasteiger partial charge in [-0.2, -0.15) is 0 Å². The lowest BCUT2D eigenvalue weighted by Gasteiger charge is -2.15. The van der Waals surface area contributed by atoms with Crippen LogP contribution >= 0.6 is 0 Å². The second-order valence-corrected chi connectivity index (χ2v) is 5.29. The molecule has 3 amide bonds. The number of hydrogen-bond donors (Lipinski definition) is 3. The fourth-order valence-corrected chi connectivity index (χ4v) is 2.50. The molecule has 1 saturated heterocycles. The standard InChI is InChI=1S/C15H24N6O3/c1-4-11-10(12(5-2)24-20-11)8-18-14(16-3)17-6-7-21-13(22)9-19-15(21)23/h4-9H2,1-3H3,(H,19,23)(H2,16,17,18). The molecule has 0 saturated carbocycles. The summed E-state index contributed by atoms with van der Waals surface area (Å²) >= 11 is 0. The SMILES string of the molecule is CCc1noc(CC)c1CNC(=NC)NCCN1C(=O)CNC1=O. The van der Waals surface area contributed by atoms with Crippen LogP contribution in [0.5, 0.6) is 0 Å². The average Bonchev–Trinajstić information content (AvgIpc) is 3.14. The molecule has 0 spiro atoms. The Hall–Kier alpha value is -2.58. The number of aryl methyl sites for hydroxylation is 2. The monoisotopic (exact) mass is 336 g/mol. The third-order valence-electron chi connectivity index (χ3n) is 3.83. The summed E-state index contributed by atoms with van der Waals surface area (Å²) in [7, 11) is 1.66. The molecule has 1 aliphatic rings. The molecule has 1 fully saturated rings.